The molecule has 0 radical (unpaired) electrons. The average molecular weight is 430 g/mol. The first-order chi connectivity index (χ1) is 14.8. The summed E-state index contributed by atoms with van der Waals surface area (Å²) in [6.45, 7) is 1.99. The van der Waals surface area contributed by atoms with Gasteiger partial charge < -0.3 is 9.64 Å². The molecule has 3 aliphatic heterocycles. The van der Waals surface area contributed by atoms with Crippen LogP contribution in [-0.4, -0.2) is 41.4 Å². The van der Waals surface area contributed by atoms with Gasteiger partial charge in [0.05, 0.1) is 12.7 Å². The zero-order valence-electron chi connectivity index (χ0n) is 17.4. The first-order valence-corrected chi connectivity index (χ1v) is 10.7. The Kier molecular flexibility index (Phi) is 4.77. The number of halogens is 3. The fourth-order valence-corrected chi connectivity index (χ4v) is 5.96. The Labute approximate surface area is 179 Å². The maximum atomic E-state index is 13.7. The predicted molar refractivity (Wildman–Crippen MR) is 109 cm³/mol. The highest BCUT2D eigenvalue weighted by Crippen LogP contribution is 2.56. The molecule has 2 aromatic rings. The number of methoxy groups -OCH3 is 1. The number of ether oxygens (including phenoxy) is 1. The molecule has 3 saturated heterocycles. The van der Waals surface area contributed by atoms with E-state index < -0.39 is 17.3 Å². The van der Waals surface area contributed by atoms with Crippen molar-refractivity contribution in [2.24, 2.45) is 5.92 Å². The van der Waals surface area contributed by atoms with Crippen LogP contribution in [0.2, 0.25) is 0 Å². The molecule has 1 spiro atoms. The van der Waals surface area contributed by atoms with E-state index in [0.29, 0.717) is 13.1 Å². The monoisotopic (exact) mass is 430 g/mol. The van der Waals surface area contributed by atoms with Crippen LogP contribution in [0.1, 0.15) is 42.0 Å². The summed E-state index contributed by atoms with van der Waals surface area (Å²) < 4.78 is 44.3. The minimum Gasteiger partial charge on any atom is -0.496 e. The molecule has 0 aliphatic carbocycles. The summed E-state index contributed by atoms with van der Waals surface area (Å²) in [5, 5.41) is 0. The second-order valence-electron chi connectivity index (χ2n) is 8.79. The van der Waals surface area contributed by atoms with E-state index in [1.165, 1.54) is 0 Å². The van der Waals surface area contributed by atoms with Gasteiger partial charge in [0.2, 0.25) is 5.91 Å². The molecule has 7 heteroatoms. The third-order valence-electron chi connectivity index (χ3n) is 7.30. The smallest absolute Gasteiger partial charge is 0.416 e. The number of para-hydroxylation sites is 1. The molecule has 0 unspecified atom stereocenters. The lowest BCUT2D eigenvalue weighted by Crippen LogP contribution is -2.49. The first kappa shape index (κ1) is 20.4. The number of hydrogen-bond donors (Lipinski definition) is 0. The second-order valence-corrected chi connectivity index (χ2v) is 8.79. The standard InChI is InChI=1S/C24H25F3N2O2/c1-31-21-6-3-2-5-17(21)14-28-15-19-13-20(29-12-4-11-23(19,29)22(28)30)16-7-9-18(10-8-16)24(25,26)27/h2-3,5-10,19-20H,4,11-15H2,1H3/t19-,20-,23-/m0/s1. The normalized spacial score (nSPS) is 28.1. The van der Waals surface area contributed by atoms with Gasteiger partial charge in [-0.1, -0.05) is 30.3 Å². The van der Waals surface area contributed by atoms with Crippen molar-refractivity contribution in [3.63, 3.8) is 0 Å². The number of nitrogens with zero attached hydrogens (tertiary/aromatic N) is 2. The number of carbonyl (C=O) groups excluding carboxylic acids is 1. The molecule has 3 heterocycles. The molecule has 0 N–H and O–H groups in total. The van der Waals surface area contributed by atoms with E-state index in [-0.39, 0.29) is 17.9 Å². The van der Waals surface area contributed by atoms with Gasteiger partial charge >= 0.3 is 6.18 Å². The zero-order valence-corrected chi connectivity index (χ0v) is 17.4. The molecule has 2 aromatic carbocycles. The van der Waals surface area contributed by atoms with Gasteiger partial charge in [0.25, 0.3) is 0 Å². The predicted octanol–water partition coefficient (Wildman–Crippen LogP) is 4.65. The Morgan fingerprint density at radius 3 is 2.58 bits per heavy atom. The van der Waals surface area contributed by atoms with E-state index in [9.17, 15) is 18.0 Å². The Morgan fingerprint density at radius 1 is 1.13 bits per heavy atom. The van der Waals surface area contributed by atoms with E-state index in [0.717, 1.165) is 54.8 Å². The van der Waals surface area contributed by atoms with Crippen molar-refractivity contribution in [1.82, 2.24) is 9.80 Å². The molecule has 164 valence electrons. The van der Waals surface area contributed by atoms with Crippen molar-refractivity contribution < 1.29 is 22.7 Å². The van der Waals surface area contributed by atoms with E-state index in [1.807, 2.05) is 29.2 Å². The number of amides is 1. The second kappa shape index (κ2) is 7.26. The average Bonchev–Trinajstić information content (AvgIpc) is 3.39. The quantitative estimate of drug-likeness (QED) is 0.708. The molecule has 3 aliphatic rings. The minimum absolute atomic E-state index is 0.00727. The van der Waals surface area contributed by atoms with Crippen molar-refractivity contribution >= 4 is 5.91 Å². The van der Waals surface area contributed by atoms with E-state index in [4.69, 9.17) is 4.74 Å². The van der Waals surface area contributed by atoms with E-state index in [1.54, 1.807) is 19.2 Å². The summed E-state index contributed by atoms with van der Waals surface area (Å²) in [4.78, 5) is 17.9. The molecule has 3 fully saturated rings. The highest BCUT2D eigenvalue weighted by Gasteiger charge is 2.65. The summed E-state index contributed by atoms with van der Waals surface area (Å²) in [7, 11) is 1.63. The zero-order chi connectivity index (χ0) is 21.8. The molecular formula is C24H25F3N2O2. The highest BCUT2D eigenvalue weighted by atomic mass is 19.4. The van der Waals surface area contributed by atoms with Gasteiger partial charge in [-0.05, 0) is 49.6 Å². The van der Waals surface area contributed by atoms with Crippen LogP contribution in [0.5, 0.6) is 5.75 Å². The van der Waals surface area contributed by atoms with E-state index in [2.05, 4.69) is 4.90 Å². The van der Waals surface area contributed by atoms with Crippen LogP contribution in [0.15, 0.2) is 48.5 Å². The molecule has 5 rings (SSSR count). The maximum absolute atomic E-state index is 13.7. The van der Waals surface area contributed by atoms with Crippen LogP contribution in [0.25, 0.3) is 0 Å². The van der Waals surface area contributed by atoms with E-state index >= 15 is 0 Å². The highest BCUT2D eigenvalue weighted by molar-refractivity contribution is 5.90. The third kappa shape index (κ3) is 3.13. The van der Waals surface area contributed by atoms with Crippen LogP contribution in [0, 0.1) is 5.92 Å². The fraction of sp³-hybridized carbons (Fsp3) is 0.458. The number of likely N-dealkylation sites (tertiary alicyclic amines) is 1. The summed E-state index contributed by atoms with van der Waals surface area (Å²) in [6, 6.07) is 13.2. The summed E-state index contributed by atoms with van der Waals surface area (Å²) in [6.07, 6.45) is -1.80. The van der Waals surface area contributed by atoms with Crippen molar-refractivity contribution in [2.75, 3.05) is 20.2 Å². The van der Waals surface area contributed by atoms with Gasteiger partial charge in [-0.15, -0.1) is 0 Å². The van der Waals surface area contributed by atoms with Gasteiger partial charge in [-0.25, -0.2) is 0 Å². The van der Waals surface area contributed by atoms with Crippen molar-refractivity contribution in [3.8, 4) is 5.75 Å². The summed E-state index contributed by atoms with van der Waals surface area (Å²) >= 11 is 0. The van der Waals surface area contributed by atoms with Crippen LogP contribution >= 0.6 is 0 Å². The Hall–Kier alpha value is -2.54. The maximum Gasteiger partial charge on any atom is 0.416 e. The molecule has 1 amide bonds. The molecule has 31 heavy (non-hydrogen) atoms. The van der Waals surface area contributed by atoms with Crippen LogP contribution < -0.4 is 4.74 Å². The van der Waals surface area contributed by atoms with Gasteiger partial charge in [0.15, 0.2) is 0 Å². The minimum atomic E-state index is -4.34. The lowest BCUT2D eigenvalue weighted by Gasteiger charge is -2.33. The first-order valence-electron chi connectivity index (χ1n) is 10.7. The van der Waals surface area contributed by atoms with Crippen LogP contribution in [0.3, 0.4) is 0 Å². The summed E-state index contributed by atoms with van der Waals surface area (Å²) in [5.41, 5.74) is 0.700. The lowest BCUT2D eigenvalue weighted by molar-refractivity contribution is -0.138. The topological polar surface area (TPSA) is 32.8 Å². The Bertz CT molecular complexity index is 991. The van der Waals surface area contributed by atoms with Crippen molar-refractivity contribution in [2.45, 2.75) is 43.6 Å². The van der Waals surface area contributed by atoms with Gasteiger partial charge in [-0.2, -0.15) is 13.2 Å². The summed E-state index contributed by atoms with van der Waals surface area (Å²) in [5.74, 6) is 1.11. The van der Waals surface area contributed by atoms with Gasteiger partial charge in [-0.3, -0.25) is 9.69 Å². The van der Waals surface area contributed by atoms with Crippen LogP contribution in [-0.2, 0) is 17.5 Å². The molecule has 0 bridgehead atoms. The third-order valence-corrected chi connectivity index (χ3v) is 7.30. The number of benzene rings is 2. The molecule has 0 aromatic heterocycles. The molecule has 4 nitrogen and oxygen atoms in total. The van der Waals surface area contributed by atoms with Gasteiger partial charge in [0, 0.05) is 30.6 Å². The fourth-order valence-electron chi connectivity index (χ4n) is 5.96. The van der Waals surface area contributed by atoms with Gasteiger partial charge in [0.1, 0.15) is 11.3 Å². The lowest BCUT2D eigenvalue weighted by atomic mass is 9.85. The Balaban J connectivity index is 1.39. The largest absolute Gasteiger partial charge is 0.496 e. The van der Waals surface area contributed by atoms with Crippen molar-refractivity contribution in [1.29, 1.82) is 0 Å². The SMILES string of the molecule is COc1ccccc1CN1C[C@@H]2C[C@@H](c3ccc(C(F)(F)F)cc3)N3CCC[C@@]23C1=O. The number of rotatable bonds is 4. The van der Waals surface area contributed by atoms with Crippen LogP contribution in [0.4, 0.5) is 13.2 Å². The number of hydrogen-bond acceptors (Lipinski definition) is 3. The molecular weight excluding hydrogens is 405 g/mol. The van der Waals surface area contributed by atoms with Crippen molar-refractivity contribution in [3.05, 3.63) is 65.2 Å². The number of alkyl halides is 3. The molecule has 3 atom stereocenters. The molecule has 0 saturated carbocycles. The number of carbonyl (C=O) groups is 1. The Morgan fingerprint density at radius 2 is 1.87 bits per heavy atom.